The highest BCUT2D eigenvalue weighted by Gasteiger charge is 2.27. The lowest BCUT2D eigenvalue weighted by atomic mass is 10.2. The number of esters is 1. The molecule has 0 fully saturated rings. The summed E-state index contributed by atoms with van der Waals surface area (Å²) in [7, 11) is 1.45. The molecule has 0 aromatic rings. The van der Waals surface area contributed by atoms with Gasteiger partial charge in [0.25, 0.3) is 0 Å². The molecule has 0 rings (SSSR count). The molecule has 0 bridgehead atoms. The van der Waals surface area contributed by atoms with Gasteiger partial charge in [-0.15, -0.1) is 0 Å². The van der Waals surface area contributed by atoms with Gasteiger partial charge in [-0.3, -0.25) is 14.5 Å². The maximum atomic E-state index is 12.0. The molecule has 7 nitrogen and oxygen atoms in total. The van der Waals surface area contributed by atoms with E-state index in [1.54, 1.807) is 41.5 Å². The normalized spacial score (nSPS) is 11.6. The molecule has 0 aliphatic rings. The number of nitrogens with one attached hydrogen (secondary N) is 1. The van der Waals surface area contributed by atoms with Gasteiger partial charge in [0.15, 0.2) is 0 Å². The predicted octanol–water partition coefficient (Wildman–Crippen LogP) is 1.31. The number of amides is 2. The Morgan fingerprint density at radius 1 is 0.905 bits per heavy atom. The first-order valence-corrected chi connectivity index (χ1v) is 6.74. The molecule has 0 aromatic carbocycles. The number of hydrogen-bond donors (Lipinski definition) is 1. The zero-order valence-electron chi connectivity index (χ0n) is 13.9. The number of likely N-dealkylation sites (N-methyl/N-ethyl adjacent to an activating group) is 1. The highest BCUT2D eigenvalue weighted by molar-refractivity contribution is 5.85. The molecular weight excluding hydrogens is 276 g/mol. The second-order valence-corrected chi connectivity index (χ2v) is 6.60. The van der Waals surface area contributed by atoms with E-state index >= 15 is 0 Å². The topological polar surface area (TPSA) is 84.9 Å². The molecular formula is C14H26N2O5. The zero-order valence-corrected chi connectivity index (χ0v) is 13.9. The van der Waals surface area contributed by atoms with Crippen LogP contribution in [0.15, 0.2) is 0 Å². The van der Waals surface area contributed by atoms with E-state index in [-0.39, 0.29) is 13.1 Å². The van der Waals surface area contributed by atoms with Crippen LogP contribution in [0.1, 0.15) is 41.5 Å². The van der Waals surface area contributed by atoms with Gasteiger partial charge in [-0.25, -0.2) is 4.79 Å². The third kappa shape index (κ3) is 9.70. The van der Waals surface area contributed by atoms with Crippen LogP contribution in [0.25, 0.3) is 0 Å². The minimum absolute atomic E-state index is 0.273. The van der Waals surface area contributed by atoms with Crippen LogP contribution in [0.3, 0.4) is 0 Å². The van der Waals surface area contributed by atoms with Gasteiger partial charge in [-0.1, -0.05) is 0 Å². The molecule has 0 aliphatic heterocycles. The molecule has 0 unspecified atom stereocenters. The molecule has 0 aliphatic carbocycles. The maximum absolute atomic E-state index is 12.0. The van der Waals surface area contributed by atoms with Crippen LogP contribution in [0, 0.1) is 0 Å². The van der Waals surface area contributed by atoms with Crippen molar-refractivity contribution >= 4 is 18.0 Å². The number of carbonyl (C=O) groups excluding carboxylic acids is 3. The Bertz CT molecular complexity index is 393. The molecule has 0 saturated carbocycles. The lowest BCUT2D eigenvalue weighted by Gasteiger charge is -2.27. The summed E-state index contributed by atoms with van der Waals surface area (Å²) in [5.41, 5.74) is -1.38. The van der Waals surface area contributed by atoms with Crippen molar-refractivity contribution in [1.82, 2.24) is 10.2 Å². The Hall–Kier alpha value is -1.79. The zero-order chi connectivity index (χ0) is 16.8. The molecule has 0 aromatic heterocycles. The fraction of sp³-hybridized carbons (Fsp3) is 0.786. The lowest BCUT2D eigenvalue weighted by Crippen LogP contribution is -2.45. The molecule has 0 heterocycles. The summed E-state index contributed by atoms with van der Waals surface area (Å²) in [6.07, 6.45) is -0.739. The van der Waals surface area contributed by atoms with Crippen LogP contribution in [0.2, 0.25) is 0 Å². The van der Waals surface area contributed by atoms with Gasteiger partial charge in [0, 0.05) is 7.05 Å². The fourth-order valence-electron chi connectivity index (χ4n) is 1.29. The quantitative estimate of drug-likeness (QED) is 0.791. The highest BCUT2D eigenvalue weighted by Crippen LogP contribution is 2.11. The van der Waals surface area contributed by atoms with Crippen molar-refractivity contribution in [3.05, 3.63) is 0 Å². The summed E-state index contributed by atoms with van der Waals surface area (Å²) in [6, 6.07) is 0. The summed E-state index contributed by atoms with van der Waals surface area (Å²) in [6.45, 7) is 9.66. The van der Waals surface area contributed by atoms with E-state index in [0.717, 1.165) is 4.90 Å². The Kier molecular flexibility index (Phi) is 6.66. The first-order chi connectivity index (χ1) is 9.34. The van der Waals surface area contributed by atoms with Crippen LogP contribution in [0.5, 0.6) is 0 Å². The van der Waals surface area contributed by atoms with Gasteiger partial charge < -0.3 is 14.8 Å². The Labute approximate surface area is 126 Å². The van der Waals surface area contributed by atoms with E-state index in [0.29, 0.717) is 0 Å². The van der Waals surface area contributed by atoms with Crippen LogP contribution in [-0.4, -0.2) is 54.2 Å². The van der Waals surface area contributed by atoms with Gasteiger partial charge in [0.05, 0.1) is 0 Å². The second-order valence-electron chi connectivity index (χ2n) is 6.60. The average molecular weight is 302 g/mol. The van der Waals surface area contributed by atoms with Crippen molar-refractivity contribution in [1.29, 1.82) is 0 Å². The van der Waals surface area contributed by atoms with E-state index in [2.05, 4.69) is 5.32 Å². The monoisotopic (exact) mass is 302 g/mol. The molecule has 0 spiro atoms. The van der Waals surface area contributed by atoms with E-state index < -0.39 is 29.2 Å². The van der Waals surface area contributed by atoms with E-state index in [1.165, 1.54) is 7.05 Å². The van der Waals surface area contributed by atoms with Crippen LogP contribution < -0.4 is 5.32 Å². The lowest BCUT2D eigenvalue weighted by molar-refractivity contribution is -0.156. The Morgan fingerprint density at radius 2 is 1.38 bits per heavy atom. The van der Waals surface area contributed by atoms with Crippen molar-refractivity contribution in [3.8, 4) is 0 Å². The van der Waals surface area contributed by atoms with Gasteiger partial charge in [-0.2, -0.15) is 0 Å². The summed E-state index contributed by atoms with van der Waals surface area (Å²) >= 11 is 0. The standard InChI is InChI=1S/C14H26N2O5/c1-13(2,3)20-11(18)9-16(8-10(17)15-7)12(19)21-14(4,5)6/h8-9H2,1-7H3,(H,15,17). The van der Waals surface area contributed by atoms with Crippen molar-refractivity contribution < 1.29 is 23.9 Å². The summed E-state index contributed by atoms with van der Waals surface area (Å²) in [5.74, 6) is -0.998. The molecule has 0 saturated heterocycles. The van der Waals surface area contributed by atoms with E-state index in [4.69, 9.17) is 9.47 Å². The van der Waals surface area contributed by atoms with Crippen LogP contribution in [0.4, 0.5) is 4.79 Å². The van der Waals surface area contributed by atoms with E-state index in [1.807, 2.05) is 0 Å². The molecule has 7 heteroatoms. The van der Waals surface area contributed by atoms with Gasteiger partial charge in [0.1, 0.15) is 24.3 Å². The first kappa shape index (κ1) is 19.2. The van der Waals surface area contributed by atoms with Crippen molar-refractivity contribution in [2.45, 2.75) is 52.7 Å². The molecule has 1 N–H and O–H groups in total. The van der Waals surface area contributed by atoms with E-state index in [9.17, 15) is 14.4 Å². The minimum Gasteiger partial charge on any atom is -0.459 e. The summed E-state index contributed by atoms with van der Waals surface area (Å²) in [4.78, 5) is 36.3. The number of ether oxygens (including phenoxy) is 2. The molecule has 21 heavy (non-hydrogen) atoms. The van der Waals surface area contributed by atoms with Gasteiger partial charge in [-0.05, 0) is 41.5 Å². The summed E-state index contributed by atoms with van der Waals surface area (Å²) < 4.78 is 10.3. The number of nitrogens with zero attached hydrogens (tertiary/aromatic N) is 1. The minimum atomic E-state index is -0.739. The van der Waals surface area contributed by atoms with Crippen LogP contribution in [-0.2, 0) is 19.1 Å². The summed E-state index contributed by atoms with van der Waals surface area (Å²) in [5, 5.41) is 2.39. The maximum Gasteiger partial charge on any atom is 0.411 e. The molecule has 0 atom stereocenters. The largest absolute Gasteiger partial charge is 0.459 e. The third-order valence-corrected chi connectivity index (χ3v) is 2.00. The predicted molar refractivity (Wildman–Crippen MR) is 77.7 cm³/mol. The molecule has 0 radical (unpaired) electrons. The van der Waals surface area contributed by atoms with Gasteiger partial charge in [0.2, 0.25) is 5.91 Å². The third-order valence-electron chi connectivity index (χ3n) is 2.00. The SMILES string of the molecule is CNC(=O)CN(CC(=O)OC(C)(C)C)C(=O)OC(C)(C)C. The van der Waals surface area contributed by atoms with Crippen molar-refractivity contribution in [2.75, 3.05) is 20.1 Å². The second kappa shape index (κ2) is 7.28. The van der Waals surface area contributed by atoms with Crippen LogP contribution >= 0.6 is 0 Å². The number of rotatable bonds is 4. The van der Waals surface area contributed by atoms with Crippen molar-refractivity contribution in [2.24, 2.45) is 0 Å². The average Bonchev–Trinajstić information content (AvgIpc) is 2.22. The molecule has 122 valence electrons. The Balaban J connectivity index is 4.86. The number of carbonyl (C=O) groups is 3. The highest BCUT2D eigenvalue weighted by atomic mass is 16.6. The smallest absolute Gasteiger partial charge is 0.411 e. The first-order valence-electron chi connectivity index (χ1n) is 6.74. The number of hydrogen-bond acceptors (Lipinski definition) is 5. The van der Waals surface area contributed by atoms with Crippen molar-refractivity contribution in [3.63, 3.8) is 0 Å². The Morgan fingerprint density at radius 3 is 1.76 bits per heavy atom. The fourth-order valence-corrected chi connectivity index (χ4v) is 1.29. The molecule has 2 amide bonds. The van der Waals surface area contributed by atoms with Gasteiger partial charge >= 0.3 is 12.1 Å².